The van der Waals surface area contributed by atoms with E-state index in [2.05, 4.69) is 0 Å². The average molecular weight is 249 g/mol. The van der Waals surface area contributed by atoms with E-state index in [-0.39, 0.29) is 6.42 Å². The van der Waals surface area contributed by atoms with E-state index in [4.69, 9.17) is 10.5 Å². The van der Waals surface area contributed by atoms with Crippen LogP contribution in [0.2, 0.25) is 0 Å². The van der Waals surface area contributed by atoms with E-state index in [9.17, 15) is 17.6 Å². The molecular weight excluding hydrogens is 238 g/mol. The van der Waals surface area contributed by atoms with E-state index < -0.39 is 30.2 Å². The number of halogens is 4. The zero-order valence-electron chi connectivity index (χ0n) is 8.80. The topological polar surface area (TPSA) is 35.2 Å². The molecule has 0 saturated carbocycles. The maximum absolute atomic E-state index is 12.6. The quantitative estimate of drug-likeness (QED) is 0.814. The molecule has 1 aromatic carbocycles. The van der Waals surface area contributed by atoms with Crippen LogP contribution in [0.4, 0.5) is 17.6 Å². The second-order valence-corrected chi connectivity index (χ2v) is 4.17. The highest BCUT2D eigenvalue weighted by atomic mass is 19.4. The first-order valence-corrected chi connectivity index (χ1v) is 5.04. The van der Waals surface area contributed by atoms with Crippen LogP contribution in [0.3, 0.4) is 0 Å². The molecule has 1 fully saturated rings. The fraction of sp³-hybridized carbons (Fsp3) is 0.455. The van der Waals surface area contributed by atoms with E-state index in [0.717, 1.165) is 0 Å². The Labute approximate surface area is 95.4 Å². The van der Waals surface area contributed by atoms with Gasteiger partial charge < -0.3 is 10.5 Å². The van der Waals surface area contributed by atoms with Crippen molar-refractivity contribution in [3.05, 3.63) is 35.6 Å². The molecule has 1 saturated heterocycles. The average Bonchev–Trinajstić information content (AvgIpc) is 2.24. The third-order valence-electron chi connectivity index (χ3n) is 2.96. The maximum Gasteiger partial charge on any atom is 0.411 e. The lowest BCUT2D eigenvalue weighted by atomic mass is 9.84. The van der Waals surface area contributed by atoms with Crippen LogP contribution in [0.15, 0.2) is 24.3 Å². The lowest BCUT2D eigenvalue weighted by molar-refractivity contribution is -0.286. The SMILES string of the molecule is NC1(C(F)(F)F)COC1Cc1ccc(F)cc1. The summed E-state index contributed by atoms with van der Waals surface area (Å²) >= 11 is 0. The first-order valence-electron chi connectivity index (χ1n) is 5.04. The second kappa shape index (κ2) is 3.96. The predicted octanol–water partition coefficient (Wildman–Crippen LogP) is 2.03. The normalized spacial score (nSPS) is 28.9. The Bertz CT molecular complexity index is 403. The summed E-state index contributed by atoms with van der Waals surface area (Å²) in [6, 6.07) is 5.24. The molecule has 94 valence electrons. The van der Waals surface area contributed by atoms with Gasteiger partial charge >= 0.3 is 6.18 Å². The minimum atomic E-state index is -4.49. The van der Waals surface area contributed by atoms with E-state index in [0.29, 0.717) is 5.56 Å². The molecule has 2 atom stereocenters. The highest BCUT2D eigenvalue weighted by molar-refractivity contribution is 5.20. The van der Waals surface area contributed by atoms with Crippen molar-refractivity contribution >= 4 is 0 Å². The van der Waals surface area contributed by atoms with Crippen molar-refractivity contribution in [3.63, 3.8) is 0 Å². The number of hydrogen-bond donors (Lipinski definition) is 1. The molecule has 6 heteroatoms. The van der Waals surface area contributed by atoms with E-state index in [1.165, 1.54) is 24.3 Å². The highest BCUT2D eigenvalue weighted by Crippen LogP contribution is 2.40. The van der Waals surface area contributed by atoms with Gasteiger partial charge in [-0.05, 0) is 17.7 Å². The van der Waals surface area contributed by atoms with Crippen molar-refractivity contribution in [2.45, 2.75) is 24.2 Å². The zero-order chi connectivity index (χ0) is 12.7. The monoisotopic (exact) mass is 249 g/mol. The third kappa shape index (κ3) is 2.14. The van der Waals surface area contributed by atoms with Gasteiger partial charge in [0.25, 0.3) is 0 Å². The molecule has 0 amide bonds. The molecule has 1 aromatic rings. The molecule has 2 N–H and O–H groups in total. The van der Waals surface area contributed by atoms with Gasteiger partial charge in [0.1, 0.15) is 5.82 Å². The molecule has 0 aromatic heterocycles. The fourth-order valence-electron chi connectivity index (χ4n) is 1.72. The van der Waals surface area contributed by atoms with Crippen LogP contribution in [-0.4, -0.2) is 24.4 Å². The Morgan fingerprint density at radius 1 is 1.29 bits per heavy atom. The second-order valence-electron chi connectivity index (χ2n) is 4.17. The summed E-state index contributed by atoms with van der Waals surface area (Å²) < 4.78 is 55.4. The molecular formula is C11H11F4NO. The van der Waals surface area contributed by atoms with Crippen LogP contribution in [0.25, 0.3) is 0 Å². The van der Waals surface area contributed by atoms with Crippen LogP contribution in [0.1, 0.15) is 5.56 Å². The number of hydrogen-bond acceptors (Lipinski definition) is 2. The number of benzene rings is 1. The van der Waals surface area contributed by atoms with Crippen molar-refractivity contribution in [3.8, 4) is 0 Å². The highest BCUT2D eigenvalue weighted by Gasteiger charge is 2.63. The molecule has 0 aliphatic carbocycles. The largest absolute Gasteiger partial charge is 0.411 e. The lowest BCUT2D eigenvalue weighted by Crippen LogP contribution is -2.73. The van der Waals surface area contributed by atoms with Crippen molar-refractivity contribution in [1.29, 1.82) is 0 Å². The van der Waals surface area contributed by atoms with Crippen molar-refractivity contribution < 1.29 is 22.3 Å². The summed E-state index contributed by atoms with van der Waals surface area (Å²) in [6.45, 7) is -0.525. The summed E-state index contributed by atoms with van der Waals surface area (Å²) in [6.07, 6.45) is -5.57. The van der Waals surface area contributed by atoms with Crippen LogP contribution in [0.5, 0.6) is 0 Å². The minimum absolute atomic E-state index is 0.0241. The zero-order valence-corrected chi connectivity index (χ0v) is 8.80. The van der Waals surface area contributed by atoms with Gasteiger partial charge in [0.05, 0.1) is 12.7 Å². The Morgan fingerprint density at radius 3 is 2.29 bits per heavy atom. The molecule has 2 unspecified atom stereocenters. The number of ether oxygens (including phenoxy) is 1. The van der Waals surface area contributed by atoms with Gasteiger partial charge in [-0.15, -0.1) is 0 Å². The van der Waals surface area contributed by atoms with Crippen molar-refractivity contribution in [1.82, 2.24) is 0 Å². The fourth-order valence-corrected chi connectivity index (χ4v) is 1.72. The molecule has 2 rings (SSSR count). The summed E-state index contributed by atoms with van der Waals surface area (Å²) in [4.78, 5) is 0. The van der Waals surface area contributed by atoms with Gasteiger partial charge in [0.15, 0.2) is 5.54 Å². The summed E-state index contributed by atoms with van der Waals surface area (Å²) in [5, 5.41) is 0. The van der Waals surface area contributed by atoms with E-state index in [1.54, 1.807) is 0 Å². The van der Waals surface area contributed by atoms with E-state index >= 15 is 0 Å². The third-order valence-corrected chi connectivity index (χ3v) is 2.96. The first-order chi connectivity index (χ1) is 7.83. The molecule has 0 radical (unpaired) electrons. The summed E-state index contributed by atoms with van der Waals surface area (Å²) in [5.41, 5.74) is 3.55. The van der Waals surface area contributed by atoms with Crippen LogP contribution < -0.4 is 5.73 Å². The number of nitrogens with two attached hydrogens (primary N) is 1. The smallest absolute Gasteiger partial charge is 0.373 e. The van der Waals surface area contributed by atoms with Gasteiger partial charge in [0.2, 0.25) is 0 Å². The van der Waals surface area contributed by atoms with Gasteiger partial charge in [0, 0.05) is 6.42 Å². The summed E-state index contributed by atoms with van der Waals surface area (Å²) in [5.74, 6) is -0.432. The van der Waals surface area contributed by atoms with Crippen LogP contribution in [0, 0.1) is 5.82 Å². The standard InChI is InChI=1S/C11H11F4NO/c12-8-3-1-7(2-4-8)5-9-10(16,6-17-9)11(13,14)15/h1-4,9H,5-6,16H2. The minimum Gasteiger partial charge on any atom is -0.373 e. The molecule has 0 bridgehead atoms. The summed E-state index contributed by atoms with van der Waals surface area (Å²) in [7, 11) is 0. The Morgan fingerprint density at radius 2 is 1.88 bits per heavy atom. The predicted molar refractivity (Wildman–Crippen MR) is 52.8 cm³/mol. The molecule has 17 heavy (non-hydrogen) atoms. The lowest BCUT2D eigenvalue weighted by Gasteiger charge is -2.47. The first kappa shape index (κ1) is 12.3. The molecule has 1 heterocycles. The maximum atomic E-state index is 12.6. The van der Waals surface area contributed by atoms with Gasteiger partial charge in [-0.2, -0.15) is 13.2 Å². The van der Waals surface area contributed by atoms with Gasteiger partial charge in [-0.1, -0.05) is 12.1 Å². The van der Waals surface area contributed by atoms with Crippen molar-refractivity contribution in [2.24, 2.45) is 5.73 Å². The molecule has 0 spiro atoms. The molecule has 2 nitrogen and oxygen atoms in total. The Balaban J connectivity index is 2.08. The van der Waals surface area contributed by atoms with Gasteiger partial charge in [-0.25, -0.2) is 4.39 Å². The number of alkyl halides is 3. The van der Waals surface area contributed by atoms with Crippen molar-refractivity contribution in [2.75, 3.05) is 6.61 Å². The van der Waals surface area contributed by atoms with Gasteiger partial charge in [-0.3, -0.25) is 0 Å². The van der Waals surface area contributed by atoms with Crippen LogP contribution >= 0.6 is 0 Å². The number of rotatable bonds is 2. The van der Waals surface area contributed by atoms with E-state index in [1.807, 2.05) is 0 Å². The molecule has 1 aliphatic rings. The Kier molecular flexibility index (Phi) is 2.87. The molecule has 1 aliphatic heterocycles. The van der Waals surface area contributed by atoms with Crippen LogP contribution in [-0.2, 0) is 11.2 Å². The Hall–Kier alpha value is -1.14.